The molecular weight excluding hydrogens is 440 g/mol. The number of hydrogen-bond donors (Lipinski definition) is 0. The Bertz CT molecular complexity index is 1340. The summed E-state index contributed by atoms with van der Waals surface area (Å²) < 4.78 is 2.09. The molecule has 4 rings (SSSR count). The topological polar surface area (TPSA) is 60.7 Å². The first kappa shape index (κ1) is 23.6. The highest BCUT2D eigenvalue weighted by molar-refractivity contribution is 7.99. The van der Waals surface area contributed by atoms with E-state index in [-0.39, 0.29) is 11.5 Å². The molecular formula is C28H28N4OS. The van der Waals surface area contributed by atoms with Crippen LogP contribution < -0.4 is 0 Å². The number of Topliss-reactive ketones (excluding diaryl/α,β-unsaturated/α-hetero) is 1. The van der Waals surface area contributed by atoms with Crippen LogP contribution in [0.3, 0.4) is 0 Å². The minimum Gasteiger partial charge on any atom is -0.345 e. The molecule has 0 atom stereocenters. The molecule has 6 heteroatoms. The first-order chi connectivity index (χ1) is 16.4. The molecule has 5 nitrogen and oxygen atoms in total. The van der Waals surface area contributed by atoms with Gasteiger partial charge in [0.15, 0.2) is 5.78 Å². The highest BCUT2D eigenvalue weighted by Gasteiger charge is 2.18. The van der Waals surface area contributed by atoms with Crippen LogP contribution >= 0.6 is 11.8 Å². The highest BCUT2D eigenvalue weighted by Crippen LogP contribution is 2.30. The van der Waals surface area contributed by atoms with Crippen LogP contribution in [0, 0.1) is 27.7 Å². The van der Waals surface area contributed by atoms with E-state index in [0.29, 0.717) is 11.7 Å². The largest absolute Gasteiger partial charge is 0.345 e. The molecule has 2 aromatic carbocycles. The Balaban J connectivity index is 1.63. The van der Waals surface area contributed by atoms with Gasteiger partial charge in [0.25, 0.3) is 0 Å². The van der Waals surface area contributed by atoms with Crippen molar-refractivity contribution < 1.29 is 4.79 Å². The fraction of sp³-hybridized carbons (Fsp3) is 0.214. The summed E-state index contributed by atoms with van der Waals surface area (Å²) in [6, 6.07) is 18.3. The van der Waals surface area contributed by atoms with E-state index in [4.69, 9.17) is 4.98 Å². The van der Waals surface area contributed by atoms with Crippen molar-refractivity contribution in [2.75, 3.05) is 5.75 Å². The van der Waals surface area contributed by atoms with Crippen molar-refractivity contribution >= 4 is 17.5 Å². The molecule has 0 saturated heterocycles. The molecule has 34 heavy (non-hydrogen) atoms. The van der Waals surface area contributed by atoms with Gasteiger partial charge in [-0.1, -0.05) is 77.5 Å². The third-order valence-electron chi connectivity index (χ3n) is 5.84. The van der Waals surface area contributed by atoms with Crippen molar-refractivity contribution in [3.8, 4) is 22.5 Å². The molecule has 4 aromatic rings. The van der Waals surface area contributed by atoms with Gasteiger partial charge in [0, 0.05) is 34.6 Å². The van der Waals surface area contributed by atoms with Gasteiger partial charge in [-0.05, 0) is 33.8 Å². The lowest BCUT2D eigenvalue weighted by molar-refractivity contribution is 0.102. The number of ketones is 1. The first-order valence-corrected chi connectivity index (χ1v) is 12.2. The minimum absolute atomic E-state index is 0.0523. The van der Waals surface area contributed by atoms with Crippen LogP contribution in [-0.4, -0.2) is 31.3 Å². The molecule has 2 heterocycles. The van der Waals surface area contributed by atoms with Crippen molar-refractivity contribution in [1.82, 2.24) is 19.7 Å². The van der Waals surface area contributed by atoms with Crippen LogP contribution in [0.1, 0.15) is 32.9 Å². The number of aromatic nitrogens is 4. The third kappa shape index (κ3) is 5.02. The summed E-state index contributed by atoms with van der Waals surface area (Å²) in [6.07, 6.45) is 1.84. The van der Waals surface area contributed by atoms with E-state index in [0.717, 1.165) is 39.5 Å². The number of benzene rings is 2. The van der Waals surface area contributed by atoms with Crippen LogP contribution in [0.4, 0.5) is 0 Å². The van der Waals surface area contributed by atoms with Gasteiger partial charge < -0.3 is 4.57 Å². The van der Waals surface area contributed by atoms with Crippen LogP contribution in [0.15, 0.2) is 72.4 Å². The van der Waals surface area contributed by atoms with E-state index in [9.17, 15) is 4.79 Å². The Hall–Kier alpha value is -3.51. The average Bonchev–Trinajstić information content (AvgIpc) is 3.12. The summed E-state index contributed by atoms with van der Waals surface area (Å²) in [5, 5.41) is 9.37. The van der Waals surface area contributed by atoms with Crippen molar-refractivity contribution in [1.29, 1.82) is 0 Å². The zero-order valence-electron chi connectivity index (χ0n) is 20.0. The smallest absolute Gasteiger partial charge is 0.210 e. The summed E-state index contributed by atoms with van der Waals surface area (Å²) in [6.45, 7) is 12.6. The van der Waals surface area contributed by atoms with Gasteiger partial charge in [-0.15, -0.1) is 16.8 Å². The normalized spacial score (nSPS) is 10.9. The fourth-order valence-electron chi connectivity index (χ4n) is 3.89. The molecule has 0 aliphatic rings. The summed E-state index contributed by atoms with van der Waals surface area (Å²) >= 11 is 1.32. The maximum absolute atomic E-state index is 13.0. The summed E-state index contributed by atoms with van der Waals surface area (Å²) in [5.41, 5.74) is 8.52. The molecule has 0 radical (unpaired) electrons. The highest BCUT2D eigenvalue weighted by atomic mass is 32.2. The van der Waals surface area contributed by atoms with Gasteiger partial charge in [0.1, 0.15) is 11.4 Å². The second-order valence-electron chi connectivity index (χ2n) is 8.42. The summed E-state index contributed by atoms with van der Waals surface area (Å²) in [4.78, 5) is 17.8. The molecule has 0 saturated carbocycles. The monoisotopic (exact) mass is 468 g/mol. The van der Waals surface area contributed by atoms with Crippen molar-refractivity contribution in [2.24, 2.45) is 0 Å². The fourth-order valence-corrected chi connectivity index (χ4v) is 4.56. The number of carbonyl (C=O) groups is 1. The average molecular weight is 469 g/mol. The summed E-state index contributed by atoms with van der Waals surface area (Å²) in [7, 11) is 0. The van der Waals surface area contributed by atoms with Gasteiger partial charge in [-0.2, -0.15) is 0 Å². The number of carbonyl (C=O) groups excluding carboxylic acids is 1. The van der Waals surface area contributed by atoms with Gasteiger partial charge in [-0.3, -0.25) is 4.79 Å². The van der Waals surface area contributed by atoms with Crippen LogP contribution in [0.5, 0.6) is 0 Å². The second kappa shape index (κ2) is 10.2. The molecule has 0 spiro atoms. The number of aryl methyl sites for hydroxylation is 3. The summed E-state index contributed by atoms with van der Waals surface area (Å²) in [5.74, 6) is 0.300. The van der Waals surface area contributed by atoms with Crippen molar-refractivity contribution in [2.45, 2.75) is 39.4 Å². The predicted octanol–water partition coefficient (Wildman–Crippen LogP) is 6.40. The molecule has 0 amide bonds. The van der Waals surface area contributed by atoms with E-state index in [1.54, 1.807) is 0 Å². The minimum atomic E-state index is 0.0523. The number of nitrogens with zero attached hydrogens (tertiary/aromatic N) is 4. The Morgan fingerprint density at radius 3 is 2.09 bits per heavy atom. The van der Waals surface area contributed by atoms with Crippen molar-refractivity contribution in [3.63, 3.8) is 0 Å². The van der Waals surface area contributed by atoms with Crippen LogP contribution in [0.2, 0.25) is 0 Å². The van der Waals surface area contributed by atoms with Gasteiger partial charge in [0.2, 0.25) is 5.16 Å². The lowest BCUT2D eigenvalue weighted by atomic mass is 10.0. The van der Waals surface area contributed by atoms with E-state index in [2.05, 4.69) is 59.5 Å². The maximum atomic E-state index is 13.0. The molecule has 0 aliphatic carbocycles. The number of rotatable bonds is 8. The molecule has 172 valence electrons. The van der Waals surface area contributed by atoms with E-state index in [1.807, 2.05) is 50.3 Å². The van der Waals surface area contributed by atoms with E-state index >= 15 is 0 Å². The Kier molecular flexibility index (Phi) is 7.08. The van der Waals surface area contributed by atoms with Crippen LogP contribution in [0.25, 0.3) is 22.5 Å². The number of allylic oxidation sites excluding steroid dienone is 1. The van der Waals surface area contributed by atoms with Crippen LogP contribution in [-0.2, 0) is 6.54 Å². The lowest BCUT2D eigenvalue weighted by Crippen LogP contribution is -2.07. The molecule has 0 N–H and O–H groups in total. The zero-order valence-corrected chi connectivity index (χ0v) is 20.8. The molecule has 0 bridgehead atoms. The standard InChI is InChI=1S/C28H28N4OS/c1-6-15-32-20(4)16-24(21(32)5)25(33)17-34-28-29-26(22-11-7-18(2)8-12-22)27(30-31-28)23-13-9-19(3)10-14-23/h6-14,16H,1,15,17H2,2-5H3. The Labute approximate surface area is 205 Å². The zero-order chi connectivity index (χ0) is 24.2. The van der Waals surface area contributed by atoms with Gasteiger partial charge in [-0.25, -0.2) is 4.98 Å². The number of hydrogen-bond acceptors (Lipinski definition) is 5. The maximum Gasteiger partial charge on any atom is 0.210 e. The first-order valence-electron chi connectivity index (χ1n) is 11.2. The Morgan fingerprint density at radius 2 is 1.50 bits per heavy atom. The second-order valence-corrected chi connectivity index (χ2v) is 9.36. The Morgan fingerprint density at radius 1 is 0.912 bits per heavy atom. The molecule has 0 unspecified atom stereocenters. The SMILES string of the molecule is C=CCn1c(C)cc(C(=O)CSc2nnc(-c3ccc(C)cc3)c(-c3ccc(C)cc3)n2)c1C. The van der Waals surface area contributed by atoms with Gasteiger partial charge in [0.05, 0.1) is 5.75 Å². The predicted molar refractivity (Wildman–Crippen MR) is 139 cm³/mol. The van der Waals surface area contributed by atoms with E-state index < -0.39 is 0 Å². The molecule has 0 aliphatic heterocycles. The quantitative estimate of drug-likeness (QED) is 0.170. The van der Waals surface area contributed by atoms with Gasteiger partial charge >= 0.3 is 0 Å². The lowest BCUT2D eigenvalue weighted by Gasteiger charge is -2.10. The van der Waals surface area contributed by atoms with Crippen molar-refractivity contribution in [3.05, 3.63) is 95.3 Å². The van der Waals surface area contributed by atoms with E-state index in [1.165, 1.54) is 22.9 Å². The molecule has 0 fully saturated rings. The third-order valence-corrected chi connectivity index (χ3v) is 6.67. The molecule has 2 aromatic heterocycles. The number of thioether (sulfide) groups is 1.